The van der Waals surface area contributed by atoms with E-state index in [-0.39, 0.29) is 25.1 Å². The fourth-order valence-corrected chi connectivity index (χ4v) is 2.09. The van der Waals surface area contributed by atoms with Crippen molar-refractivity contribution in [3.8, 4) is 5.75 Å². The van der Waals surface area contributed by atoms with Gasteiger partial charge >= 0.3 is 5.97 Å². The first-order chi connectivity index (χ1) is 10.2. The van der Waals surface area contributed by atoms with Gasteiger partial charge < -0.3 is 14.2 Å². The minimum atomic E-state index is -0.417. The molecule has 1 heterocycles. The third-order valence-electron chi connectivity index (χ3n) is 3.31. The monoisotopic (exact) mass is 292 g/mol. The van der Waals surface area contributed by atoms with Crippen LogP contribution in [0.4, 0.5) is 0 Å². The van der Waals surface area contributed by atoms with Crippen LogP contribution in [0.3, 0.4) is 0 Å². The standard InChI is InChI=1S/C16H20O5/c1-2-15(17)12-5-7-13(8-6-12)20-11-16(18)21-10-14-4-3-9-19-14/h5-8,14H,2-4,9-11H2,1H3. The van der Waals surface area contributed by atoms with Crippen molar-refractivity contribution in [2.75, 3.05) is 19.8 Å². The Morgan fingerprint density at radius 1 is 1.29 bits per heavy atom. The number of carbonyl (C=O) groups is 2. The zero-order chi connectivity index (χ0) is 15.1. The van der Waals surface area contributed by atoms with Crippen LogP contribution in [0.5, 0.6) is 5.75 Å². The number of Topliss-reactive ketones (excluding diaryl/α,β-unsaturated/α-hetero) is 1. The number of hydrogen-bond donors (Lipinski definition) is 0. The summed E-state index contributed by atoms with van der Waals surface area (Å²) in [6.45, 7) is 2.69. The van der Waals surface area contributed by atoms with Crippen LogP contribution in [0.25, 0.3) is 0 Å². The summed E-state index contributed by atoms with van der Waals surface area (Å²) in [5.74, 6) is 0.202. The lowest BCUT2D eigenvalue weighted by atomic mass is 10.1. The Balaban J connectivity index is 1.71. The van der Waals surface area contributed by atoms with Gasteiger partial charge in [-0.25, -0.2) is 4.79 Å². The molecule has 114 valence electrons. The van der Waals surface area contributed by atoms with Crippen molar-refractivity contribution in [1.82, 2.24) is 0 Å². The van der Waals surface area contributed by atoms with E-state index in [4.69, 9.17) is 14.2 Å². The SMILES string of the molecule is CCC(=O)c1ccc(OCC(=O)OCC2CCCO2)cc1. The molecule has 0 spiro atoms. The minimum absolute atomic E-state index is 0.0216. The first kappa shape index (κ1) is 15.5. The Morgan fingerprint density at radius 2 is 2.05 bits per heavy atom. The molecule has 1 atom stereocenters. The lowest BCUT2D eigenvalue weighted by Gasteiger charge is -2.11. The minimum Gasteiger partial charge on any atom is -0.482 e. The van der Waals surface area contributed by atoms with Gasteiger partial charge in [0, 0.05) is 18.6 Å². The molecule has 1 aromatic carbocycles. The van der Waals surface area contributed by atoms with Crippen molar-refractivity contribution in [2.45, 2.75) is 32.3 Å². The van der Waals surface area contributed by atoms with Crippen molar-refractivity contribution in [1.29, 1.82) is 0 Å². The van der Waals surface area contributed by atoms with Gasteiger partial charge in [0.2, 0.25) is 0 Å². The lowest BCUT2D eigenvalue weighted by Crippen LogP contribution is -2.21. The van der Waals surface area contributed by atoms with Gasteiger partial charge in [0.1, 0.15) is 12.4 Å². The highest BCUT2D eigenvalue weighted by atomic mass is 16.6. The van der Waals surface area contributed by atoms with E-state index >= 15 is 0 Å². The van der Waals surface area contributed by atoms with Crippen molar-refractivity contribution >= 4 is 11.8 Å². The number of esters is 1. The van der Waals surface area contributed by atoms with E-state index in [1.165, 1.54) is 0 Å². The second kappa shape index (κ2) is 7.78. The molecule has 1 aliphatic rings. The molecule has 2 rings (SSSR count). The number of carbonyl (C=O) groups excluding carboxylic acids is 2. The van der Waals surface area contributed by atoms with E-state index < -0.39 is 5.97 Å². The van der Waals surface area contributed by atoms with Crippen LogP contribution in [0.2, 0.25) is 0 Å². The molecule has 0 saturated carbocycles. The van der Waals surface area contributed by atoms with Crippen LogP contribution < -0.4 is 4.74 Å². The fraction of sp³-hybridized carbons (Fsp3) is 0.500. The summed E-state index contributed by atoms with van der Waals surface area (Å²) in [5.41, 5.74) is 0.644. The molecule has 0 radical (unpaired) electrons. The number of benzene rings is 1. The Morgan fingerprint density at radius 3 is 2.67 bits per heavy atom. The average Bonchev–Trinajstić information content (AvgIpc) is 3.04. The second-order valence-electron chi connectivity index (χ2n) is 4.91. The van der Waals surface area contributed by atoms with E-state index in [2.05, 4.69) is 0 Å². The summed E-state index contributed by atoms with van der Waals surface area (Å²) in [4.78, 5) is 23.0. The molecule has 5 heteroatoms. The van der Waals surface area contributed by atoms with Crippen LogP contribution >= 0.6 is 0 Å². The highest BCUT2D eigenvalue weighted by molar-refractivity contribution is 5.95. The topological polar surface area (TPSA) is 61.8 Å². The fourth-order valence-electron chi connectivity index (χ4n) is 2.09. The molecule has 1 aliphatic heterocycles. The van der Waals surface area contributed by atoms with E-state index in [1.807, 2.05) is 6.92 Å². The second-order valence-corrected chi connectivity index (χ2v) is 4.91. The van der Waals surface area contributed by atoms with Gasteiger partial charge in [-0.2, -0.15) is 0 Å². The van der Waals surface area contributed by atoms with Crippen molar-refractivity contribution < 1.29 is 23.8 Å². The Hall–Kier alpha value is -1.88. The van der Waals surface area contributed by atoms with Gasteiger partial charge in [0.25, 0.3) is 0 Å². The summed E-state index contributed by atoms with van der Waals surface area (Å²) in [6, 6.07) is 6.74. The quantitative estimate of drug-likeness (QED) is 0.570. The third kappa shape index (κ3) is 4.86. The lowest BCUT2D eigenvalue weighted by molar-refractivity contribution is -0.149. The summed E-state index contributed by atoms with van der Waals surface area (Å²) >= 11 is 0. The zero-order valence-electron chi connectivity index (χ0n) is 12.2. The molecule has 21 heavy (non-hydrogen) atoms. The number of ketones is 1. The smallest absolute Gasteiger partial charge is 0.344 e. The van der Waals surface area contributed by atoms with E-state index in [0.29, 0.717) is 17.7 Å². The summed E-state index contributed by atoms with van der Waals surface area (Å²) in [7, 11) is 0. The maximum Gasteiger partial charge on any atom is 0.344 e. The molecule has 1 saturated heterocycles. The van der Waals surface area contributed by atoms with Crippen molar-refractivity contribution in [3.63, 3.8) is 0 Å². The summed E-state index contributed by atoms with van der Waals surface area (Å²) < 4.78 is 15.8. The summed E-state index contributed by atoms with van der Waals surface area (Å²) in [6.07, 6.45) is 2.44. The van der Waals surface area contributed by atoms with Gasteiger partial charge in [-0.15, -0.1) is 0 Å². The summed E-state index contributed by atoms with van der Waals surface area (Å²) in [5, 5.41) is 0. The van der Waals surface area contributed by atoms with Gasteiger partial charge in [-0.05, 0) is 37.1 Å². The zero-order valence-corrected chi connectivity index (χ0v) is 12.2. The molecular weight excluding hydrogens is 272 g/mol. The molecule has 0 aromatic heterocycles. The van der Waals surface area contributed by atoms with Crippen LogP contribution in [0.15, 0.2) is 24.3 Å². The van der Waals surface area contributed by atoms with Gasteiger partial charge in [0.05, 0.1) is 6.10 Å². The van der Waals surface area contributed by atoms with E-state index in [0.717, 1.165) is 19.4 Å². The number of hydrogen-bond acceptors (Lipinski definition) is 5. The van der Waals surface area contributed by atoms with Crippen LogP contribution in [0, 0.1) is 0 Å². The van der Waals surface area contributed by atoms with Crippen LogP contribution in [-0.2, 0) is 14.3 Å². The third-order valence-corrected chi connectivity index (χ3v) is 3.31. The molecule has 0 bridgehead atoms. The van der Waals surface area contributed by atoms with Gasteiger partial charge in [-0.3, -0.25) is 4.79 Å². The highest BCUT2D eigenvalue weighted by Crippen LogP contribution is 2.14. The van der Waals surface area contributed by atoms with Gasteiger partial charge in [-0.1, -0.05) is 6.92 Å². The Labute approximate surface area is 124 Å². The molecular formula is C16H20O5. The van der Waals surface area contributed by atoms with E-state index in [1.54, 1.807) is 24.3 Å². The molecule has 0 N–H and O–H groups in total. The number of ether oxygens (including phenoxy) is 3. The molecule has 1 aromatic rings. The van der Waals surface area contributed by atoms with E-state index in [9.17, 15) is 9.59 Å². The van der Waals surface area contributed by atoms with Crippen molar-refractivity contribution in [3.05, 3.63) is 29.8 Å². The largest absolute Gasteiger partial charge is 0.482 e. The molecule has 5 nitrogen and oxygen atoms in total. The molecule has 0 aliphatic carbocycles. The van der Waals surface area contributed by atoms with Crippen LogP contribution in [-0.4, -0.2) is 37.7 Å². The maximum absolute atomic E-state index is 11.5. The maximum atomic E-state index is 11.5. The van der Waals surface area contributed by atoms with Gasteiger partial charge in [0.15, 0.2) is 12.4 Å². The Kier molecular flexibility index (Phi) is 5.75. The first-order valence-corrected chi connectivity index (χ1v) is 7.22. The highest BCUT2D eigenvalue weighted by Gasteiger charge is 2.17. The molecule has 0 amide bonds. The average molecular weight is 292 g/mol. The molecule has 1 unspecified atom stereocenters. The first-order valence-electron chi connectivity index (χ1n) is 7.22. The normalized spacial score (nSPS) is 17.5. The van der Waals surface area contributed by atoms with Crippen molar-refractivity contribution in [2.24, 2.45) is 0 Å². The number of rotatable bonds is 7. The predicted molar refractivity (Wildman–Crippen MR) is 76.5 cm³/mol. The predicted octanol–water partition coefficient (Wildman–Crippen LogP) is 2.38. The Bertz CT molecular complexity index is 474. The molecule has 1 fully saturated rings. The van der Waals surface area contributed by atoms with Crippen LogP contribution in [0.1, 0.15) is 36.5 Å².